The molecule has 4 heteroatoms. The molecular formula is C15H22BrNO2. The zero-order valence-corrected chi connectivity index (χ0v) is 13.2. The van der Waals surface area contributed by atoms with E-state index in [0.717, 1.165) is 35.9 Å². The quantitative estimate of drug-likeness (QED) is 0.587. The minimum absolute atomic E-state index is 0.118. The van der Waals surface area contributed by atoms with E-state index < -0.39 is 0 Å². The standard InChI is InChI=1S/C15H22BrNO2/c1-12(17-15(18)9-5-6-10-16)11-13-7-3-4-8-14(13)19-2/h3-4,7-8,12H,5-6,9-11H2,1-2H3,(H,17,18). The number of para-hydroxylation sites is 1. The molecule has 0 aliphatic rings. The Bertz CT molecular complexity index is 395. The maximum Gasteiger partial charge on any atom is 0.220 e. The van der Waals surface area contributed by atoms with Gasteiger partial charge in [0, 0.05) is 17.8 Å². The van der Waals surface area contributed by atoms with E-state index in [1.807, 2.05) is 31.2 Å². The van der Waals surface area contributed by atoms with Crippen LogP contribution in [0.1, 0.15) is 31.7 Å². The second-order valence-electron chi connectivity index (χ2n) is 4.63. The minimum Gasteiger partial charge on any atom is -0.496 e. The van der Waals surface area contributed by atoms with Crippen molar-refractivity contribution in [2.75, 3.05) is 12.4 Å². The van der Waals surface area contributed by atoms with Gasteiger partial charge in [0.1, 0.15) is 5.75 Å². The molecule has 1 aromatic rings. The van der Waals surface area contributed by atoms with Crippen LogP contribution in [0.5, 0.6) is 5.75 Å². The summed E-state index contributed by atoms with van der Waals surface area (Å²) in [6.45, 7) is 2.02. The Balaban J connectivity index is 2.42. The summed E-state index contributed by atoms with van der Waals surface area (Å²) < 4.78 is 5.31. The number of rotatable bonds is 8. The third-order valence-electron chi connectivity index (χ3n) is 2.91. The number of ether oxygens (including phenoxy) is 1. The Morgan fingerprint density at radius 1 is 1.37 bits per heavy atom. The van der Waals surface area contributed by atoms with Crippen LogP contribution in [-0.4, -0.2) is 24.4 Å². The fraction of sp³-hybridized carbons (Fsp3) is 0.533. The maximum absolute atomic E-state index is 11.7. The van der Waals surface area contributed by atoms with Crippen LogP contribution in [0.2, 0.25) is 0 Å². The molecule has 0 spiro atoms. The van der Waals surface area contributed by atoms with Gasteiger partial charge in [-0.2, -0.15) is 0 Å². The van der Waals surface area contributed by atoms with Gasteiger partial charge in [0.15, 0.2) is 0 Å². The first-order chi connectivity index (χ1) is 9.17. The molecule has 0 aromatic heterocycles. The zero-order valence-electron chi connectivity index (χ0n) is 11.6. The van der Waals surface area contributed by atoms with Crippen LogP contribution in [0.15, 0.2) is 24.3 Å². The molecule has 19 heavy (non-hydrogen) atoms. The van der Waals surface area contributed by atoms with Gasteiger partial charge in [0.25, 0.3) is 0 Å². The smallest absolute Gasteiger partial charge is 0.220 e. The van der Waals surface area contributed by atoms with E-state index in [4.69, 9.17) is 4.74 Å². The molecule has 1 unspecified atom stereocenters. The summed E-state index contributed by atoms with van der Waals surface area (Å²) >= 11 is 3.36. The average molecular weight is 328 g/mol. The lowest BCUT2D eigenvalue weighted by atomic mass is 10.1. The van der Waals surface area contributed by atoms with E-state index in [-0.39, 0.29) is 11.9 Å². The first-order valence-corrected chi connectivity index (χ1v) is 7.76. The number of methoxy groups -OCH3 is 1. The Kier molecular flexibility index (Phi) is 7.56. The van der Waals surface area contributed by atoms with E-state index in [0.29, 0.717) is 6.42 Å². The van der Waals surface area contributed by atoms with Crippen LogP contribution in [0.3, 0.4) is 0 Å². The van der Waals surface area contributed by atoms with E-state index in [1.165, 1.54) is 0 Å². The van der Waals surface area contributed by atoms with Gasteiger partial charge in [-0.1, -0.05) is 34.1 Å². The van der Waals surface area contributed by atoms with Crippen molar-refractivity contribution in [3.63, 3.8) is 0 Å². The Morgan fingerprint density at radius 2 is 2.11 bits per heavy atom. The number of hydrogen-bond acceptors (Lipinski definition) is 2. The van der Waals surface area contributed by atoms with Crippen molar-refractivity contribution in [3.8, 4) is 5.75 Å². The molecule has 0 bridgehead atoms. The summed E-state index contributed by atoms with van der Waals surface area (Å²) in [4.78, 5) is 11.7. The molecule has 106 valence electrons. The highest BCUT2D eigenvalue weighted by atomic mass is 79.9. The van der Waals surface area contributed by atoms with Gasteiger partial charge in [-0.3, -0.25) is 4.79 Å². The molecular weight excluding hydrogens is 306 g/mol. The summed E-state index contributed by atoms with van der Waals surface area (Å²) in [5.74, 6) is 1.01. The van der Waals surface area contributed by atoms with E-state index in [2.05, 4.69) is 21.2 Å². The van der Waals surface area contributed by atoms with Gasteiger partial charge in [-0.15, -0.1) is 0 Å². The van der Waals surface area contributed by atoms with Gasteiger partial charge in [0.05, 0.1) is 7.11 Å². The van der Waals surface area contributed by atoms with Crippen LogP contribution in [-0.2, 0) is 11.2 Å². The molecule has 0 radical (unpaired) electrons. The third kappa shape index (κ3) is 6.10. The molecule has 3 nitrogen and oxygen atoms in total. The number of alkyl halides is 1. The number of halogens is 1. The van der Waals surface area contributed by atoms with Gasteiger partial charge in [0.2, 0.25) is 5.91 Å². The SMILES string of the molecule is COc1ccccc1CC(C)NC(=O)CCCCBr. The Hall–Kier alpha value is -1.03. The van der Waals surface area contributed by atoms with Crippen molar-refractivity contribution in [1.82, 2.24) is 5.32 Å². The summed E-state index contributed by atoms with van der Waals surface area (Å²) in [6, 6.07) is 8.04. The summed E-state index contributed by atoms with van der Waals surface area (Å²) in [6.07, 6.45) is 3.35. The molecule has 1 atom stereocenters. The molecule has 0 saturated heterocycles. The molecule has 1 amide bonds. The largest absolute Gasteiger partial charge is 0.496 e. The summed E-state index contributed by atoms with van der Waals surface area (Å²) in [7, 11) is 1.67. The predicted molar refractivity (Wildman–Crippen MR) is 81.9 cm³/mol. The molecule has 1 aromatic carbocycles. The fourth-order valence-electron chi connectivity index (χ4n) is 1.98. The van der Waals surface area contributed by atoms with Crippen LogP contribution in [0.4, 0.5) is 0 Å². The molecule has 0 aliphatic carbocycles. The van der Waals surface area contributed by atoms with Crippen molar-refractivity contribution in [3.05, 3.63) is 29.8 Å². The van der Waals surface area contributed by atoms with Crippen LogP contribution >= 0.6 is 15.9 Å². The third-order valence-corrected chi connectivity index (χ3v) is 3.47. The van der Waals surface area contributed by atoms with Crippen molar-refractivity contribution in [1.29, 1.82) is 0 Å². The molecule has 0 aliphatic heterocycles. The predicted octanol–water partition coefficient (Wildman–Crippen LogP) is 3.31. The maximum atomic E-state index is 11.7. The van der Waals surface area contributed by atoms with Crippen molar-refractivity contribution >= 4 is 21.8 Å². The lowest BCUT2D eigenvalue weighted by Gasteiger charge is -2.15. The lowest BCUT2D eigenvalue weighted by Crippen LogP contribution is -2.33. The van der Waals surface area contributed by atoms with Gasteiger partial charge in [-0.25, -0.2) is 0 Å². The van der Waals surface area contributed by atoms with Gasteiger partial charge < -0.3 is 10.1 Å². The highest BCUT2D eigenvalue weighted by molar-refractivity contribution is 9.09. The zero-order chi connectivity index (χ0) is 14.1. The topological polar surface area (TPSA) is 38.3 Å². The van der Waals surface area contributed by atoms with Crippen molar-refractivity contribution in [2.24, 2.45) is 0 Å². The molecule has 0 heterocycles. The second-order valence-corrected chi connectivity index (χ2v) is 5.42. The average Bonchev–Trinajstić information content (AvgIpc) is 2.39. The number of hydrogen-bond donors (Lipinski definition) is 1. The normalized spacial score (nSPS) is 11.9. The summed E-state index contributed by atoms with van der Waals surface area (Å²) in [5, 5.41) is 3.98. The number of unbranched alkanes of at least 4 members (excludes halogenated alkanes) is 1. The highest BCUT2D eigenvalue weighted by Crippen LogP contribution is 2.18. The number of carbonyl (C=O) groups excluding carboxylic acids is 1. The van der Waals surface area contributed by atoms with Gasteiger partial charge >= 0.3 is 0 Å². The minimum atomic E-state index is 0.118. The first kappa shape index (κ1) is 16.0. The molecule has 1 N–H and O–H groups in total. The fourth-order valence-corrected chi connectivity index (χ4v) is 2.38. The Labute approximate surface area is 123 Å². The number of benzene rings is 1. The van der Waals surface area contributed by atoms with Crippen LogP contribution in [0.25, 0.3) is 0 Å². The number of nitrogens with one attached hydrogen (secondary N) is 1. The monoisotopic (exact) mass is 327 g/mol. The van der Waals surface area contributed by atoms with Crippen molar-refractivity contribution < 1.29 is 9.53 Å². The van der Waals surface area contributed by atoms with E-state index >= 15 is 0 Å². The molecule has 0 saturated carbocycles. The Morgan fingerprint density at radius 3 is 2.79 bits per heavy atom. The van der Waals surface area contributed by atoms with E-state index in [1.54, 1.807) is 7.11 Å². The lowest BCUT2D eigenvalue weighted by molar-refractivity contribution is -0.121. The highest BCUT2D eigenvalue weighted by Gasteiger charge is 2.10. The first-order valence-electron chi connectivity index (χ1n) is 6.64. The van der Waals surface area contributed by atoms with Crippen molar-refractivity contribution in [2.45, 2.75) is 38.6 Å². The van der Waals surface area contributed by atoms with Crippen LogP contribution < -0.4 is 10.1 Å². The summed E-state index contributed by atoms with van der Waals surface area (Å²) in [5.41, 5.74) is 1.12. The second kappa shape index (κ2) is 8.97. The van der Waals surface area contributed by atoms with Crippen LogP contribution in [0, 0.1) is 0 Å². The molecule has 1 rings (SSSR count). The molecule has 0 fully saturated rings. The van der Waals surface area contributed by atoms with Gasteiger partial charge in [-0.05, 0) is 37.8 Å². The number of carbonyl (C=O) groups is 1. The van der Waals surface area contributed by atoms with E-state index in [9.17, 15) is 4.79 Å². The number of amides is 1.